The summed E-state index contributed by atoms with van der Waals surface area (Å²) in [7, 11) is 0. The van der Waals surface area contributed by atoms with Crippen molar-refractivity contribution in [3.8, 4) is 5.75 Å². The topological polar surface area (TPSA) is 51.2 Å². The molecule has 2 aromatic carbocycles. The SMILES string of the molecule is Cc1ccc(OCC(=O)Nc2ncc(Cc3ccccc3)s2)cc1. The van der Waals surface area contributed by atoms with Crippen LogP contribution >= 0.6 is 11.3 Å². The zero-order valence-electron chi connectivity index (χ0n) is 13.4. The second-order valence-electron chi connectivity index (χ2n) is 5.44. The van der Waals surface area contributed by atoms with Crippen molar-refractivity contribution in [2.75, 3.05) is 11.9 Å². The molecule has 3 rings (SSSR count). The van der Waals surface area contributed by atoms with Crippen molar-refractivity contribution in [2.24, 2.45) is 0 Å². The molecule has 4 nitrogen and oxygen atoms in total. The van der Waals surface area contributed by atoms with E-state index >= 15 is 0 Å². The molecule has 0 atom stereocenters. The van der Waals surface area contributed by atoms with Gasteiger partial charge in [-0.1, -0.05) is 48.0 Å². The van der Waals surface area contributed by atoms with Crippen LogP contribution < -0.4 is 10.1 Å². The van der Waals surface area contributed by atoms with E-state index in [1.54, 1.807) is 6.20 Å². The number of ether oxygens (including phenoxy) is 1. The number of anilines is 1. The third kappa shape index (κ3) is 4.67. The number of hydrogen-bond acceptors (Lipinski definition) is 4. The first kappa shape index (κ1) is 16.2. The number of aromatic nitrogens is 1. The number of carbonyl (C=O) groups excluding carboxylic acids is 1. The Kier molecular flexibility index (Phi) is 5.23. The molecule has 0 saturated heterocycles. The highest BCUT2D eigenvalue weighted by molar-refractivity contribution is 7.15. The summed E-state index contributed by atoms with van der Waals surface area (Å²) in [5.41, 5.74) is 2.38. The van der Waals surface area contributed by atoms with E-state index in [2.05, 4.69) is 22.4 Å². The summed E-state index contributed by atoms with van der Waals surface area (Å²) in [6.07, 6.45) is 2.61. The third-order valence-corrected chi connectivity index (χ3v) is 4.32. The van der Waals surface area contributed by atoms with E-state index in [4.69, 9.17) is 4.74 Å². The minimum atomic E-state index is -0.212. The van der Waals surface area contributed by atoms with Crippen LogP contribution in [0.2, 0.25) is 0 Å². The molecule has 1 amide bonds. The standard InChI is InChI=1S/C19H18N2O2S/c1-14-7-9-16(10-8-14)23-13-18(22)21-19-20-12-17(24-19)11-15-5-3-2-4-6-15/h2-10,12H,11,13H2,1H3,(H,20,21,22). The van der Waals surface area contributed by atoms with Crippen molar-refractivity contribution >= 4 is 22.4 Å². The molecular formula is C19H18N2O2S. The van der Waals surface area contributed by atoms with Crippen LogP contribution in [0.5, 0.6) is 5.75 Å². The molecule has 0 radical (unpaired) electrons. The maximum Gasteiger partial charge on any atom is 0.264 e. The molecule has 3 aromatic rings. The number of nitrogens with one attached hydrogen (secondary N) is 1. The lowest BCUT2D eigenvalue weighted by Gasteiger charge is -2.05. The van der Waals surface area contributed by atoms with Crippen LogP contribution in [0.25, 0.3) is 0 Å². The van der Waals surface area contributed by atoms with Gasteiger partial charge in [-0.15, -0.1) is 11.3 Å². The van der Waals surface area contributed by atoms with Gasteiger partial charge in [0.25, 0.3) is 5.91 Å². The van der Waals surface area contributed by atoms with E-state index in [1.165, 1.54) is 16.9 Å². The van der Waals surface area contributed by atoms with Gasteiger partial charge in [-0.05, 0) is 24.6 Å². The molecule has 0 aliphatic carbocycles. The molecule has 0 fully saturated rings. The lowest BCUT2D eigenvalue weighted by molar-refractivity contribution is -0.118. The molecular weight excluding hydrogens is 320 g/mol. The van der Waals surface area contributed by atoms with Gasteiger partial charge in [0.05, 0.1) is 0 Å². The lowest BCUT2D eigenvalue weighted by Crippen LogP contribution is -2.19. The van der Waals surface area contributed by atoms with Gasteiger partial charge in [-0.3, -0.25) is 10.1 Å². The number of thiazole rings is 1. The van der Waals surface area contributed by atoms with Crippen LogP contribution in [0.1, 0.15) is 16.0 Å². The van der Waals surface area contributed by atoms with Crippen molar-refractivity contribution in [3.63, 3.8) is 0 Å². The molecule has 0 aliphatic rings. The fraction of sp³-hybridized carbons (Fsp3) is 0.158. The van der Waals surface area contributed by atoms with Crippen LogP contribution in [0.15, 0.2) is 60.8 Å². The number of amides is 1. The highest BCUT2D eigenvalue weighted by Gasteiger charge is 2.08. The predicted molar refractivity (Wildman–Crippen MR) is 96.7 cm³/mol. The Morgan fingerprint density at radius 2 is 1.88 bits per heavy atom. The van der Waals surface area contributed by atoms with Crippen LogP contribution in [0, 0.1) is 6.92 Å². The van der Waals surface area contributed by atoms with Crippen LogP contribution in [0.4, 0.5) is 5.13 Å². The number of hydrogen-bond donors (Lipinski definition) is 1. The largest absolute Gasteiger partial charge is 0.484 e. The summed E-state index contributed by atoms with van der Waals surface area (Å²) in [6.45, 7) is 1.97. The monoisotopic (exact) mass is 338 g/mol. The van der Waals surface area contributed by atoms with E-state index in [0.29, 0.717) is 10.9 Å². The second kappa shape index (κ2) is 7.75. The van der Waals surface area contributed by atoms with Crippen molar-refractivity contribution < 1.29 is 9.53 Å². The second-order valence-corrected chi connectivity index (χ2v) is 6.56. The molecule has 0 spiro atoms. The molecule has 24 heavy (non-hydrogen) atoms. The van der Waals surface area contributed by atoms with E-state index in [0.717, 1.165) is 16.9 Å². The zero-order chi connectivity index (χ0) is 16.8. The van der Waals surface area contributed by atoms with Crippen molar-refractivity contribution in [1.29, 1.82) is 0 Å². The summed E-state index contributed by atoms with van der Waals surface area (Å²) in [6, 6.07) is 17.8. The minimum absolute atomic E-state index is 0.0311. The van der Waals surface area contributed by atoms with Crippen LogP contribution in [-0.4, -0.2) is 17.5 Å². The number of benzene rings is 2. The van der Waals surface area contributed by atoms with Gasteiger partial charge in [0.15, 0.2) is 11.7 Å². The molecule has 0 unspecified atom stereocenters. The smallest absolute Gasteiger partial charge is 0.264 e. The summed E-state index contributed by atoms with van der Waals surface area (Å²) in [5, 5.41) is 3.37. The first-order valence-electron chi connectivity index (χ1n) is 7.67. The molecule has 122 valence electrons. The predicted octanol–water partition coefficient (Wildman–Crippen LogP) is 4.06. The number of carbonyl (C=O) groups is 1. The van der Waals surface area contributed by atoms with Gasteiger partial charge in [0, 0.05) is 17.5 Å². The highest BCUT2D eigenvalue weighted by Crippen LogP contribution is 2.21. The van der Waals surface area contributed by atoms with E-state index in [1.807, 2.05) is 49.4 Å². The molecule has 1 heterocycles. The molecule has 0 saturated carbocycles. The fourth-order valence-electron chi connectivity index (χ4n) is 2.18. The normalized spacial score (nSPS) is 10.4. The Bertz CT molecular complexity index is 798. The van der Waals surface area contributed by atoms with Gasteiger partial charge in [-0.25, -0.2) is 4.98 Å². The average Bonchev–Trinajstić information content (AvgIpc) is 3.02. The Morgan fingerprint density at radius 3 is 2.62 bits per heavy atom. The van der Waals surface area contributed by atoms with E-state index in [9.17, 15) is 4.79 Å². The van der Waals surface area contributed by atoms with Crippen molar-refractivity contribution in [1.82, 2.24) is 4.98 Å². The van der Waals surface area contributed by atoms with E-state index in [-0.39, 0.29) is 12.5 Å². The van der Waals surface area contributed by atoms with Crippen LogP contribution in [-0.2, 0) is 11.2 Å². The van der Waals surface area contributed by atoms with Gasteiger partial charge < -0.3 is 4.74 Å². The third-order valence-electron chi connectivity index (χ3n) is 3.41. The molecule has 0 aliphatic heterocycles. The summed E-state index contributed by atoms with van der Waals surface area (Å²) < 4.78 is 5.46. The van der Waals surface area contributed by atoms with Crippen molar-refractivity contribution in [2.45, 2.75) is 13.3 Å². The summed E-state index contributed by atoms with van der Waals surface area (Å²) >= 11 is 1.48. The highest BCUT2D eigenvalue weighted by atomic mass is 32.1. The van der Waals surface area contributed by atoms with Crippen LogP contribution in [0.3, 0.4) is 0 Å². The molecule has 1 N–H and O–H groups in total. The Balaban J connectivity index is 1.50. The summed E-state index contributed by atoms with van der Waals surface area (Å²) in [4.78, 5) is 17.3. The van der Waals surface area contributed by atoms with Gasteiger partial charge >= 0.3 is 0 Å². The van der Waals surface area contributed by atoms with Crippen molar-refractivity contribution in [3.05, 3.63) is 76.8 Å². The maximum atomic E-state index is 12.0. The molecule has 5 heteroatoms. The molecule has 1 aromatic heterocycles. The molecule has 0 bridgehead atoms. The number of rotatable bonds is 6. The lowest BCUT2D eigenvalue weighted by atomic mass is 10.1. The Labute approximate surface area is 145 Å². The Morgan fingerprint density at radius 1 is 1.12 bits per heavy atom. The van der Waals surface area contributed by atoms with Gasteiger partial charge in [0.2, 0.25) is 0 Å². The van der Waals surface area contributed by atoms with Gasteiger partial charge in [0.1, 0.15) is 5.75 Å². The quantitative estimate of drug-likeness (QED) is 0.737. The number of aryl methyl sites for hydroxylation is 1. The van der Waals surface area contributed by atoms with Gasteiger partial charge in [-0.2, -0.15) is 0 Å². The zero-order valence-corrected chi connectivity index (χ0v) is 14.2. The minimum Gasteiger partial charge on any atom is -0.484 e. The number of nitrogens with zero attached hydrogens (tertiary/aromatic N) is 1. The summed E-state index contributed by atoms with van der Waals surface area (Å²) in [5.74, 6) is 0.468. The van der Waals surface area contributed by atoms with E-state index < -0.39 is 0 Å². The Hall–Kier alpha value is -2.66. The first-order valence-corrected chi connectivity index (χ1v) is 8.48. The maximum absolute atomic E-state index is 12.0. The first-order chi connectivity index (χ1) is 11.7. The fourth-order valence-corrected chi connectivity index (χ4v) is 3.05. The average molecular weight is 338 g/mol.